The lowest BCUT2D eigenvalue weighted by atomic mass is 10.1. The van der Waals surface area contributed by atoms with E-state index in [1.54, 1.807) is 66.4 Å². The van der Waals surface area contributed by atoms with Gasteiger partial charge in [-0.3, -0.25) is 14.4 Å². The van der Waals surface area contributed by atoms with Crippen LogP contribution in [0.15, 0.2) is 60.7 Å². The van der Waals surface area contributed by atoms with Crippen LogP contribution in [-0.2, 0) is 4.79 Å². The van der Waals surface area contributed by atoms with Crippen LogP contribution in [0.5, 0.6) is 5.88 Å². The number of nitrogens with zero attached hydrogens (tertiary/aromatic N) is 3. The highest BCUT2D eigenvalue weighted by Gasteiger charge is 2.23. The average Bonchev–Trinajstić information content (AvgIpc) is 2.90. The van der Waals surface area contributed by atoms with E-state index in [2.05, 4.69) is 15.6 Å². The summed E-state index contributed by atoms with van der Waals surface area (Å²) >= 11 is 0. The first kappa shape index (κ1) is 24.7. The number of carbonyl (C=O) groups is 3. The molecule has 1 fully saturated rings. The van der Waals surface area contributed by atoms with Crippen molar-refractivity contribution in [2.45, 2.75) is 13.8 Å². The van der Waals surface area contributed by atoms with E-state index in [4.69, 9.17) is 4.74 Å². The fraction of sp³-hybridized carbons (Fsp3) is 0.259. The summed E-state index contributed by atoms with van der Waals surface area (Å²) in [5, 5.41) is 5.84. The van der Waals surface area contributed by atoms with Crippen LogP contribution in [0.4, 0.5) is 17.2 Å². The smallest absolute Gasteiger partial charge is 0.255 e. The zero-order valence-corrected chi connectivity index (χ0v) is 20.6. The maximum absolute atomic E-state index is 13.2. The summed E-state index contributed by atoms with van der Waals surface area (Å²) in [6, 6.07) is 17.5. The number of ether oxygens (including phenoxy) is 1. The van der Waals surface area contributed by atoms with Crippen molar-refractivity contribution in [3.05, 3.63) is 77.4 Å². The van der Waals surface area contributed by atoms with Gasteiger partial charge in [0.2, 0.25) is 11.8 Å². The van der Waals surface area contributed by atoms with Gasteiger partial charge in [0, 0.05) is 56.0 Å². The third kappa shape index (κ3) is 5.63. The zero-order valence-electron chi connectivity index (χ0n) is 20.6. The number of aromatic nitrogens is 1. The van der Waals surface area contributed by atoms with Gasteiger partial charge in [0.05, 0.1) is 12.8 Å². The molecule has 2 aromatic carbocycles. The molecule has 1 aromatic heterocycles. The second-order valence-corrected chi connectivity index (χ2v) is 8.52. The van der Waals surface area contributed by atoms with Crippen LogP contribution in [-0.4, -0.2) is 60.9 Å². The number of pyridine rings is 1. The maximum atomic E-state index is 13.2. The number of hydrogen-bond donors (Lipinski definition) is 2. The molecule has 1 saturated heterocycles. The van der Waals surface area contributed by atoms with E-state index in [1.807, 2.05) is 17.9 Å². The van der Waals surface area contributed by atoms with Gasteiger partial charge >= 0.3 is 0 Å². The molecule has 36 heavy (non-hydrogen) atoms. The molecular weight excluding hydrogens is 458 g/mol. The van der Waals surface area contributed by atoms with Crippen LogP contribution >= 0.6 is 0 Å². The minimum absolute atomic E-state index is 0.0382. The molecule has 0 bridgehead atoms. The third-order valence-electron chi connectivity index (χ3n) is 6.12. The molecule has 0 radical (unpaired) electrons. The fourth-order valence-corrected chi connectivity index (χ4v) is 3.99. The van der Waals surface area contributed by atoms with Crippen molar-refractivity contribution in [1.82, 2.24) is 9.88 Å². The Morgan fingerprint density at radius 1 is 0.833 bits per heavy atom. The minimum atomic E-state index is -0.333. The molecule has 2 N–H and O–H groups in total. The second kappa shape index (κ2) is 10.9. The Morgan fingerprint density at radius 2 is 1.50 bits per heavy atom. The van der Waals surface area contributed by atoms with Gasteiger partial charge in [0.25, 0.3) is 11.8 Å². The number of carbonyl (C=O) groups excluding carboxylic acids is 3. The van der Waals surface area contributed by atoms with Crippen LogP contribution in [0.1, 0.15) is 33.2 Å². The van der Waals surface area contributed by atoms with E-state index in [1.165, 1.54) is 7.11 Å². The molecule has 9 nitrogen and oxygen atoms in total. The summed E-state index contributed by atoms with van der Waals surface area (Å²) in [5.41, 5.74) is 2.86. The van der Waals surface area contributed by atoms with Gasteiger partial charge in [0.15, 0.2) is 5.82 Å². The number of rotatable bonds is 6. The predicted molar refractivity (Wildman–Crippen MR) is 139 cm³/mol. The summed E-state index contributed by atoms with van der Waals surface area (Å²) in [4.78, 5) is 45.9. The van der Waals surface area contributed by atoms with Crippen LogP contribution in [0.2, 0.25) is 0 Å². The number of amides is 3. The van der Waals surface area contributed by atoms with Crippen molar-refractivity contribution < 1.29 is 19.1 Å². The number of hydrogen-bond acceptors (Lipinski definition) is 6. The molecule has 186 valence electrons. The number of aryl methyl sites for hydroxylation is 1. The Morgan fingerprint density at radius 3 is 2.17 bits per heavy atom. The monoisotopic (exact) mass is 487 g/mol. The van der Waals surface area contributed by atoms with Gasteiger partial charge < -0.3 is 25.2 Å². The molecule has 0 unspecified atom stereocenters. The molecule has 4 rings (SSSR count). The van der Waals surface area contributed by atoms with Gasteiger partial charge in [-0.05, 0) is 42.8 Å². The van der Waals surface area contributed by atoms with Gasteiger partial charge in [-0.15, -0.1) is 0 Å². The Balaban J connectivity index is 1.53. The minimum Gasteiger partial charge on any atom is -0.481 e. The SMILES string of the molecule is COc1ccc(NC(=O)c2ccc(C)c(NC(=O)c3ccccc3)c2)c(N2CCN(C(C)=O)CC2)n1. The quantitative estimate of drug-likeness (QED) is 0.551. The normalized spacial score (nSPS) is 13.2. The zero-order chi connectivity index (χ0) is 25.7. The second-order valence-electron chi connectivity index (χ2n) is 8.52. The number of anilines is 3. The number of nitrogens with one attached hydrogen (secondary N) is 2. The first-order valence-electron chi connectivity index (χ1n) is 11.7. The van der Waals surface area contributed by atoms with Crippen molar-refractivity contribution in [3.8, 4) is 5.88 Å². The highest BCUT2D eigenvalue weighted by Crippen LogP contribution is 2.28. The molecule has 0 spiro atoms. The lowest BCUT2D eigenvalue weighted by Crippen LogP contribution is -2.48. The Bertz CT molecular complexity index is 1270. The highest BCUT2D eigenvalue weighted by atomic mass is 16.5. The molecule has 3 aromatic rings. The molecule has 1 aliphatic heterocycles. The van der Waals surface area contributed by atoms with Crippen LogP contribution in [0.25, 0.3) is 0 Å². The van der Waals surface area contributed by atoms with Gasteiger partial charge in [0.1, 0.15) is 0 Å². The maximum Gasteiger partial charge on any atom is 0.255 e. The van der Waals surface area contributed by atoms with Crippen molar-refractivity contribution >= 4 is 34.9 Å². The number of piperazine rings is 1. The summed E-state index contributed by atoms with van der Waals surface area (Å²) in [6.45, 7) is 5.75. The van der Waals surface area contributed by atoms with Crippen molar-refractivity contribution in [3.63, 3.8) is 0 Å². The van der Waals surface area contributed by atoms with Crippen LogP contribution in [0.3, 0.4) is 0 Å². The Kier molecular flexibility index (Phi) is 7.48. The Hall–Kier alpha value is -4.40. The van der Waals surface area contributed by atoms with E-state index < -0.39 is 0 Å². The van der Waals surface area contributed by atoms with Crippen molar-refractivity contribution in [2.75, 3.05) is 48.8 Å². The topological polar surface area (TPSA) is 104 Å². The van der Waals surface area contributed by atoms with Crippen LogP contribution in [0, 0.1) is 6.92 Å². The standard InChI is InChI=1S/C27H29N5O4/c1-18-9-10-21(17-23(18)29-26(34)20-7-5-4-6-8-20)27(35)28-22-11-12-24(36-3)30-25(22)32-15-13-31(14-16-32)19(2)33/h4-12,17H,13-16H2,1-3H3,(H,28,35)(H,29,34). The summed E-state index contributed by atoms with van der Waals surface area (Å²) in [6.07, 6.45) is 0. The largest absolute Gasteiger partial charge is 0.481 e. The van der Waals surface area contributed by atoms with E-state index >= 15 is 0 Å². The van der Waals surface area contributed by atoms with Gasteiger partial charge in [-0.1, -0.05) is 24.3 Å². The molecule has 9 heteroatoms. The lowest BCUT2D eigenvalue weighted by molar-refractivity contribution is -0.129. The van der Waals surface area contributed by atoms with E-state index in [0.29, 0.717) is 60.4 Å². The molecule has 2 heterocycles. The molecule has 3 amide bonds. The number of methoxy groups -OCH3 is 1. The summed E-state index contributed by atoms with van der Waals surface area (Å²) < 4.78 is 5.30. The van der Waals surface area contributed by atoms with Crippen molar-refractivity contribution in [1.29, 1.82) is 0 Å². The van der Waals surface area contributed by atoms with E-state index in [9.17, 15) is 14.4 Å². The summed E-state index contributed by atoms with van der Waals surface area (Å²) in [5.74, 6) is 0.466. The number of benzene rings is 2. The first-order chi connectivity index (χ1) is 17.4. The van der Waals surface area contributed by atoms with Crippen LogP contribution < -0.4 is 20.3 Å². The van der Waals surface area contributed by atoms with E-state index in [-0.39, 0.29) is 17.7 Å². The third-order valence-corrected chi connectivity index (χ3v) is 6.12. The van der Waals surface area contributed by atoms with Gasteiger partial charge in [-0.25, -0.2) is 0 Å². The fourth-order valence-electron chi connectivity index (χ4n) is 3.99. The molecule has 1 aliphatic rings. The van der Waals surface area contributed by atoms with E-state index in [0.717, 1.165) is 5.56 Å². The highest BCUT2D eigenvalue weighted by molar-refractivity contribution is 6.08. The molecule has 0 saturated carbocycles. The summed E-state index contributed by atoms with van der Waals surface area (Å²) in [7, 11) is 1.54. The van der Waals surface area contributed by atoms with Gasteiger partial charge in [-0.2, -0.15) is 4.98 Å². The molecule has 0 atom stereocenters. The average molecular weight is 488 g/mol. The predicted octanol–water partition coefficient (Wildman–Crippen LogP) is 3.57. The molecular formula is C27H29N5O4. The Labute approximate surface area is 210 Å². The first-order valence-corrected chi connectivity index (χ1v) is 11.7. The lowest BCUT2D eigenvalue weighted by Gasteiger charge is -2.35. The molecule has 0 aliphatic carbocycles. The van der Waals surface area contributed by atoms with Crippen molar-refractivity contribution in [2.24, 2.45) is 0 Å².